The molecule has 1 saturated carbocycles. The van der Waals surface area contributed by atoms with Gasteiger partial charge in [0.15, 0.2) is 5.78 Å². The minimum Gasteiger partial charge on any atom is -0.508 e. The monoisotopic (exact) mass is 555 g/mol. The van der Waals surface area contributed by atoms with E-state index in [1.807, 2.05) is 54.6 Å². The SMILES string of the molecule is O=C(c1ccc(OCCN2CCCCC2)cc1)c1c(-c2ccc(OC3CCCCC3)cc2)sc2cc(O)ccc12. The molecule has 0 amide bonds. The first kappa shape index (κ1) is 26.9. The van der Waals surface area contributed by atoms with Gasteiger partial charge in [-0.3, -0.25) is 9.69 Å². The topological polar surface area (TPSA) is 59.0 Å². The molecule has 1 aliphatic carbocycles. The van der Waals surface area contributed by atoms with Crippen molar-refractivity contribution in [2.24, 2.45) is 0 Å². The number of benzene rings is 3. The van der Waals surface area contributed by atoms with Gasteiger partial charge in [-0.15, -0.1) is 11.3 Å². The Hall–Kier alpha value is -3.35. The number of hydrogen-bond donors (Lipinski definition) is 1. The van der Waals surface area contributed by atoms with E-state index >= 15 is 0 Å². The molecule has 0 atom stereocenters. The van der Waals surface area contributed by atoms with Gasteiger partial charge in [-0.25, -0.2) is 0 Å². The van der Waals surface area contributed by atoms with Crippen molar-refractivity contribution in [2.75, 3.05) is 26.2 Å². The summed E-state index contributed by atoms with van der Waals surface area (Å²) in [7, 11) is 0. The molecule has 5 nitrogen and oxygen atoms in total. The Balaban J connectivity index is 1.21. The number of thiophene rings is 1. The molecule has 0 spiro atoms. The quantitative estimate of drug-likeness (QED) is 0.212. The largest absolute Gasteiger partial charge is 0.508 e. The molecular formula is C34H37NO4S. The Morgan fingerprint density at radius 3 is 2.30 bits per heavy atom. The molecule has 208 valence electrons. The number of ketones is 1. The van der Waals surface area contributed by atoms with Gasteiger partial charge in [0.2, 0.25) is 0 Å². The minimum absolute atomic E-state index is 0.0330. The van der Waals surface area contributed by atoms with Crippen molar-refractivity contribution >= 4 is 27.2 Å². The van der Waals surface area contributed by atoms with Crippen molar-refractivity contribution in [2.45, 2.75) is 57.5 Å². The standard InChI is InChI=1S/C34H37NO4S/c36-26-13-18-30-31(23-26)40-34(25-11-16-29(17-12-25)39-28-7-3-1-4-8-28)32(30)33(37)24-9-14-27(15-10-24)38-22-21-35-19-5-2-6-20-35/h9-18,23,28,36H,1-8,19-22H2. The highest BCUT2D eigenvalue weighted by Crippen LogP contribution is 2.41. The van der Waals surface area contributed by atoms with E-state index in [1.165, 1.54) is 49.9 Å². The molecule has 1 saturated heterocycles. The molecule has 6 rings (SSSR count). The number of likely N-dealkylation sites (tertiary alicyclic amines) is 1. The number of hydrogen-bond acceptors (Lipinski definition) is 6. The molecule has 3 aromatic carbocycles. The van der Waals surface area contributed by atoms with Crippen LogP contribution in [-0.4, -0.2) is 48.1 Å². The van der Waals surface area contributed by atoms with E-state index < -0.39 is 0 Å². The molecule has 0 radical (unpaired) electrons. The Morgan fingerprint density at radius 2 is 1.55 bits per heavy atom. The lowest BCUT2D eigenvalue weighted by Gasteiger charge is -2.26. The van der Waals surface area contributed by atoms with Gasteiger partial charge >= 0.3 is 0 Å². The Bertz CT molecular complexity index is 1430. The third-order valence-corrected chi connectivity index (χ3v) is 9.32. The zero-order valence-electron chi connectivity index (χ0n) is 22.9. The van der Waals surface area contributed by atoms with Crippen LogP contribution in [0.15, 0.2) is 66.7 Å². The molecule has 6 heteroatoms. The fourth-order valence-corrected chi connectivity index (χ4v) is 7.14. The Kier molecular flexibility index (Phi) is 8.35. The molecule has 2 heterocycles. The first-order valence-electron chi connectivity index (χ1n) is 14.7. The minimum atomic E-state index is -0.0330. The van der Waals surface area contributed by atoms with E-state index in [9.17, 15) is 9.90 Å². The lowest BCUT2D eigenvalue weighted by Crippen LogP contribution is -2.33. The smallest absolute Gasteiger partial charge is 0.195 e. The average Bonchev–Trinajstić information content (AvgIpc) is 3.37. The summed E-state index contributed by atoms with van der Waals surface area (Å²) >= 11 is 1.53. The van der Waals surface area contributed by atoms with Gasteiger partial charge in [0.1, 0.15) is 23.9 Å². The second-order valence-corrected chi connectivity index (χ2v) is 12.0. The van der Waals surface area contributed by atoms with Crippen molar-refractivity contribution < 1.29 is 19.4 Å². The predicted octanol–water partition coefficient (Wildman–Crippen LogP) is 8.08. The van der Waals surface area contributed by atoms with E-state index in [2.05, 4.69) is 4.90 Å². The van der Waals surface area contributed by atoms with Crippen molar-refractivity contribution in [1.82, 2.24) is 4.90 Å². The fraction of sp³-hybridized carbons (Fsp3) is 0.382. The molecule has 0 bridgehead atoms. The zero-order chi connectivity index (χ0) is 27.3. The highest BCUT2D eigenvalue weighted by Gasteiger charge is 2.22. The van der Waals surface area contributed by atoms with E-state index in [0.29, 0.717) is 23.8 Å². The van der Waals surface area contributed by atoms with Gasteiger partial charge in [0.05, 0.1) is 6.10 Å². The summed E-state index contributed by atoms with van der Waals surface area (Å²) in [6, 6.07) is 20.8. The second-order valence-electron chi connectivity index (χ2n) is 11.0. The average molecular weight is 556 g/mol. The second kappa shape index (κ2) is 12.4. The van der Waals surface area contributed by atoms with Crippen LogP contribution in [0.3, 0.4) is 0 Å². The van der Waals surface area contributed by atoms with Crippen molar-refractivity contribution in [3.63, 3.8) is 0 Å². The summed E-state index contributed by atoms with van der Waals surface area (Å²) in [4.78, 5) is 17.3. The Labute approximate surface area is 240 Å². The van der Waals surface area contributed by atoms with Gasteiger partial charge < -0.3 is 14.6 Å². The number of fused-ring (bicyclic) bond motifs is 1. The lowest BCUT2D eigenvalue weighted by molar-refractivity contribution is 0.104. The molecule has 0 unspecified atom stereocenters. The van der Waals surface area contributed by atoms with E-state index in [-0.39, 0.29) is 11.5 Å². The van der Waals surface area contributed by atoms with Crippen molar-refractivity contribution in [3.05, 3.63) is 77.9 Å². The van der Waals surface area contributed by atoms with Crippen LogP contribution in [0.25, 0.3) is 20.5 Å². The normalized spacial score (nSPS) is 16.7. The summed E-state index contributed by atoms with van der Waals surface area (Å²) in [6.45, 7) is 3.89. The number of piperidine rings is 1. The van der Waals surface area contributed by atoms with Crippen LogP contribution in [0.4, 0.5) is 0 Å². The molecule has 1 aliphatic heterocycles. The van der Waals surface area contributed by atoms with Crippen LogP contribution < -0.4 is 9.47 Å². The summed E-state index contributed by atoms with van der Waals surface area (Å²) in [5, 5.41) is 11.0. The third-order valence-electron chi connectivity index (χ3n) is 8.11. The van der Waals surface area contributed by atoms with Gasteiger partial charge in [-0.1, -0.05) is 12.8 Å². The number of aromatic hydroxyl groups is 1. The third kappa shape index (κ3) is 6.18. The molecule has 4 aromatic rings. The highest BCUT2D eigenvalue weighted by molar-refractivity contribution is 7.22. The maximum atomic E-state index is 13.9. The van der Waals surface area contributed by atoms with Gasteiger partial charge in [0.25, 0.3) is 0 Å². The number of carbonyl (C=O) groups is 1. The summed E-state index contributed by atoms with van der Waals surface area (Å²) in [5.41, 5.74) is 2.26. The van der Waals surface area contributed by atoms with Crippen LogP contribution in [0.1, 0.15) is 67.3 Å². The molecule has 2 fully saturated rings. The van der Waals surface area contributed by atoms with Crippen LogP contribution in [0, 0.1) is 0 Å². The lowest BCUT2D eigenvalue weighted by atomic mass is 9.97. The number of carbonyl (C=O) groups excluding carboxylic acids is 1. The van der Waals surface area contributed by atoms with Crippen LogP contribution in [0.2, 0.25) is 0 Å². The first-order chi connectivity index (χ1) is 19.6. The molecule has 2 aliphatic rings. The summed E-state index contributed by atoms with van der Waals surface area (Å²) in [6.07, 6.45) is 10.2. The highest BCUT2D eigenvalue weighted by atomic mass is 32.1. The van der Waals surface area contributed by atoms with Crippen LogP contribution in [0.5, 0.6) is 17.2 Å². The van der Waals surface area contributed by atoms with Crippen molar-refractivity contribution in [3.8, 4) is 27.7 Å². The fourth-order valence-electron chi connectivity index (χ4n) is 5.90. The Morgan fingerprint density at radius 1 is 0.850 bits per heavy atom. The van der Waals surface area contributed by atoms with E-state index in [0.717, 1.165) is 64.5 Å². The molecule has 1 aromatic heterocycles. The molecule has 1 N–H and O–H groups in total. The number of nitrogens with zero attached hydrogens (tertiary/aromatic N) is 1. The summed E-state index contributed by atoms with van der Waals surface area (Å²) in [5.74, 6) is 1.82. The maximum absolute atomic E-state index is 13.9. The summed E-state index contributed by atoms with van der Waals surface area (Å²) < 4.78 is 13.1. The van der Waals surface area contributed by atoms with Gasteiger partial charge in [0, 0.05) is 32.6 Å². The van der Waals surface area contributed by atoms with Crippen molar-refractivity contribution in [1.29, 1.82) is 0 Å². The van der Waals surface area contributed by atoms with Gasteiger partial charge in [-0.05, 0) is 124 Å². The zero-order valence-corrected chi connectivity index (χ0v) is 23.8. The number of rotatable bonds is 9. The number of phenolic OH excluding ortho intramolecular Hbond substituents is 1. The van der Waals surface area contributed by atoms with Crippen LogP contribution in [-0.2, 0) is 0 Å². The molecular weight excluding hydrogens is 518 g/mol. The number of ether oxygens (including phenoxy) is 2. The van der Waals surface area contributed by atoms with Gasteiger partial charge in [-0.2, -0.15) is 0 Å². The predicted molar refractivity (Wildman–Crippen MR) is 162 cm³/mol. The maximum Gasteiger partial charge on any atom is 0.195 e. The first-order valence-corrected chi connectivity index (χ1v) is 15.5. The molecule has 40 heavy (non-hydrogen) atoms. The number of phenols is 1. The van der Waals surface area contributed by atoms with E-state index in [1.54, 1.807) is 12.1 Å². The van der Waals surface area contributed by atoms with E-state index in [4.69, 9.17) is 9.47 Å². The van der Waals surface area contributed by atoms with Crippen LogP contribution >= 0.6 is 11.3 Å².